The van der Waals surface area contributed by atoms with E-state index in [2.05, 4.69) is 20.3 Å². The zero-order valence-electron chi connectivity index (χ0n) is 16.3. The molecule has 0 spiro atoms. The lowest BCUT2D eigenvalue weighted by Crippen LogP contribution is -2.35. The van der Waals surface area contributed by atoms with Crippen molar-refractivity contribution in [1.29, 1.82) is 0 Å². The Morgan fingerprint density at radius 3 is 2.26 bits per heavy atom. The van der Waals surface area contributed by atoms with Gasteiger partial charge in [0, 0.05) is 11.9 Å². The SMILES string of the molecule is O=C(COc1ccccc1)NCC(=O)Nc1ccc(S(=O)(=O)Nc2ccccn2)cc1. The number of para-hydroxylation sites is 1. The highest BCUT2D eigenvalue weighted by Gasteiger charge is 2.15. The molecule has 0 radical (unpaired) electrons. The third-order valence-electron chi connectivity index (χ3n) is 3.91. The van der Waals surface area contributed by atoms with E-state index in [-0.39, 0.29) is 23.9 Å². The molecule has 0 bridgehead atoms. The minimum absolute atomic E-state index is 0.0162. The molecule has 160 valence electrons. The van der Waals surface area contributed by atoms with Gasteiger partial charge in [-0.3, -0.25) is 14.3 Å². The number of carbonyl (C=O) groups is 2. The summed E-state index contributed by atoms with van der Waals surface area (Å²) in [5.41, 5.74) is 0.386. The summed E-state index contributed by atoms with van der Waals surface area (Å²) in [6.07, 6.45) is 1.48. The van der Waals surface area contributed by atoms with E-state index >= 15 is 0 Å². The van der Waals surface area contributed by atoms with Crippen LogP contribution < -0.4 is 20.1 Å². The molecule has 0 unspecified atom stereocenters. The average molecular weight is 440 g/mol. The van der Waals surface area contributed by atoms with Crippen LogP contribution >= 0.6 is 0 Å². The molecule has 0 aliphatic carbocycles. The first-order valence-electron chi connectivity index (χ1n) is 9.21. The first kappa shape index (κ1) is 21.8. The van der Waals surface area contributed by atoms with Gasteiger partial charge in [-0.05, 0) is 48.5 Å². The van der Waals surface area contributed by atoms with Crippen molar-refractivity contribution in [2.24, 2.45) is 0 Å². The number of hydrogen-bond donors (Lipinski definition) is 3. The smallest absolute Gasteiger partial charge is 0.263 e. The standard InChI is InChI=1S/C21H20N4O5S/c26-20(14-23-21(27)15-30-17-6-2-1-3-7-17)24-16-9-11-18(12-10-16)31(28,29)25-19-8-4-5-13-22-19/h1-13H,14-15H2,(H,22,25)(H,23,27)(H,24,26). The molecule has 9 nitrogen and oxygen atoms in total. The highest BCUT2D eigenvalue weighted by molar-refractivity contribution is 7.92. The van der Waals surface area contributed by atoms with Crippen LogP contribution in [0.1, 0.15) is 0 Å². The molecule has 2 aromatic carbocycles. The fourth-order valence-electron chi connectivity index (χ4n) is 2.44. The van der Waals surface area contributed by atoms with Gasteiger partial charge in [0.2, 0.25) is 5.91 Å². The van der Waals surface area contributed by atoms with Gasteiger partial charge < -0.3 is 15.4 Å². The van der Waals surface area contributed by atoms with E-state index in [1.807, 2.05) is 6.07 Å². The van der Waals surface area contributed by atoms with E-state index in [0.717, 1.165) is 0 Å². The van der Waals surface area contributed by atoms with Crippen LogP contribution in [-0.2, 0) is 19.6 Å². The zero-order valence-corrected chi connectivity index (χ0v) is 17.1. The second-order valence-corrected chi connectivity index (χ2v) is 7.95. The summed E-state index contributed by atoms with van der Waals surface area (Å²) < 4.78 is 32.4. The minimum Gasteiger partial charge on any atom is -0.484 e. The number of rotatable bonds is 9. The van der Waals surface area contributed by atoms with Crippen LogP contribution in [0.25, 0.3) is 0 Å². The van der Waals surface area contributed by atoms with Crippen molar-refractivity contribution in [3.63, 3.8) is 0 Å². The van der Waals surface area contributed by atoms with Crippen LogP contribution in [0, 0.1) is 0 Å². The van der Waals surface area contributed by atoms with Crippen LogP contribution in [0.3, 0.4) is 0 Å². The second kappa shape index (κ2) is 10.2. The lowest BCUT2D eigenvalue weighted by Gasteiger charge is -2.10. The van der Waals surface area contributed by atoms with Crippen LogP contribution in [0.15, 0.2) is 83.9 Å². The minimum atomic E-state index is -3.81. The third kappa shape index (κ3) is 6.82. The van der Waals surface area contributed by atoms with Gasteiger partial charge in [0.25, 0.3) is 15.9 Å². The Bertz CT molecular complexity index is 1120. The number of carbonyl (C=O) groups excluding carboxylic acids is 2. The Morgan fingerprint density at radius 2 is 1.58 bits per heavy atom. The van der Waals surface area contributed by atoms with E-state index in [4.69, 9.17) is 4.74 Å². The highest BCUT2D eigenvalue weighted by atomic mass is 32.2. The molecule has 31 heavy (non-hydrogen) atoms. The number of anilines is 2. The Balaban J connectivity index is 1.46. The first-order chi connectivity index (χ1) is 14.9. The molecule has 1 heterocycles. The monoisotopic (exact) mass is 440 g/mol. The van der Waals surface area contributed by atoms with Gasteiger partial charge in [0.15, 0.2) is 6.61 Å². The van der Waals surface area contributed by atoms with Gasteiger partial charge in [-0.15, -0.1) is 0 Å². The molecule has 0 aliphatic heterocycles. The Hall–Kier alpha value is -3.92. The zero-order chi connectivity index (χ0) is 22.1. The van der Waals surface area contributed by atoms with E-state index in [1.54, 1.807) is 36.4 Å². The number of pyridine rings is 1. The predicted molar refractivity (Wildman–Crippen MR) is 115 cm³/mol. The molecule has 3 aromatic rings. The fraction of sp³-hybridized carbons (Fsp3) is 0.0952. The lowest BCUT2D eigenvalue weighted by molar-refractivity contribution is -0.125. The topological polar surface area (TPSA) is 126 Å². The van der Waals surface area contributed by atoms with E-state index < -0.39 is 21.8 Å². The van der Waals surface area contributed by atoms with Gasteiger partial charge in [0.05, 0.1) is 11.4 Å². The van der Waals surface area contributed by atoms with Crippen LogP contribution in [0.2, 0.25) is 0 Å². The number of ether oxygens (including phenoxy) is 1. The van der Waals surface area contributed by atoms with E-state index in [0.29, 0.717) is 11.4 Å². The fourth-order valence-corrected chi connectivity index (χ4v) is 3.45. The van der Waals surface area contributed by atoms with Gasteiger partial charge in [-0.1, -0.05) is 24.3 Å². The molecule has 0 aliphatic rings. The molecular formula is C21H20N4O5S. The third-order valence-corrected chi connectivity index (χ3v) is 5.28. The van der Waals surface area contributed by atoms with E-state index in [9.17, 15) is 18.0 Å². The summed E-state index contributed by atoms with van der Waals surface area (Å²) in [6, 6.07) is 19.3. The lowest BCUT2D eigenvalue weighted by atomic mass is 10.3. The van der Waals surface area contributed by atoms with Gasteiger partial charge >= 0.3 is 0 Å². The Kier molecular flexibility index (Phi) is 7.17. The molecule has 0 fully saturated rings. The van der Waals surface area contributed by atoms with Crippen LogP contribution in [0.5, 0.6) is 5.75 Å². The number of aromatic nitrogens is 1. The maximum Gasteiger partial charge on any atom is 0.263 e. The van der Waals surface area contributed by atoms with Gasteiger partial charge in [-0.25, -0.2) is 13.4 Å². The van der Waals surface area contributed by atoms with Gasteiger partial charge in [-0.2, -0.15) is 0 Å². The predicted octanol–water partition coefficient (Wildman–Crippen LogP) is 2.02. The molecule has 0 saturated heterocycles. The molecular weight excluding hydrogens is 420 g/mol. The maximum absolute atomic E-state index is 12.4. The number of sulfonamides is 1. The number of benzene rings is 2. The molecule has 0 atom stereocenters. The second-order valence-electron chi connectivity index (χ2n) is 6.27. The molecule has 2 amide bonds. The van der Waals surface area contributed by atoms with Crippen molar-refractivity contribution in [2.75, 3.05) is 23.2 Å². The summed E-state index contributed by atoms with van der Waals surface area (Å²) in [4.78, 5) is 27.7. The van der Waals surface area contributed by atoms with Crippen LogP contribution in [0.4, 0.5) is 11.5 Å². The molecule has 3 rings (SSSR count). The number of amides is 2. The van der Waals surface area contributed by atoms with E-state index in [1.165, 1.54) is 36.5 Å². The average Bonchev–Trinajstić information content (AvgIpc) is 2.78. The van der Waals surface area contributed by atoms with Crippen LogP contribution in [-0.4, -0.2) is 38.4 Å². The molecule has 3 N–H and O–H groups in total. The summed E-state index contributed by atoms with van der Waals surface area (Å²) in [7, 11) is -3.81. The summed E-state index contributed by atoms with van der Waals surface area (Å²) in [5, 5.41) is 5.02. The number of hydrogen-bond acceptors (Lipinski definition) is 6. The number of nitrogens with zero attached hydrogens (tertiary/aromatic N) is 1. The van der Waals surface area contributed by atoms with Gasteiger partial charge in [0.1, 0.15) is 11.6 Å². The molecule has 0 saturated carbocycles. The molecule has 10 heteroatoms. The van der Waals surface area contributed by atoms with Crippen molar-refractivity contribution < 1.29 is 22.7 Å². The summed E-state index contributed by atoms with van der Waals surface area (Å²) in [5.74, 6) is -0.155. The largest absolute Gasteiger partial charge is 0.484 e. The Labute approximate surface area is 179 Å². The van der Waals surface area contributed by atoms with Crippen molar-refractivity contribution in [3.8, 4) is 5.75 Å². The van der Waals surface area contributed by atoms with Crippen molar-refractivity contribution in [1.82, 2.24) is 10.3 Å². The number of nitrogens with one attached hydrogen (secondary N) is 3. The van der Waals surface area contributed by atoms with Crippen molar-refractivity contribution in [2.45, 2.75) is 4.90 Å². The first-order valence-corrected chi connectivity index (χ1v) is 10.7. The van der Waals surface area contributed by atoms with Crippen molar-refractivity contribution >= 4 is 33.3 Å². The quantitative estimate of drug-likeness (QED) is 0.467. The maximum atomic E-state index is 12.4. The molecule has 1 aromatic heterocycles. The highest BCUT2D eigenvalue weighted by Crippen LogP contribution is 2.17. The summed E-state index contributed by atoms with van der Waals surface area (Å²) >= 11 is 0. The Morgan fingerprint density at radius 1 is 0.871 bits per heavy atom. The summed E-state index contributed by atoms with van der Waals surface area (Å²) in [6.45, 7) is -0.467. The van der Waals surface area contributed by atoms with Crippen molar-refractivity contribution in [3.05, 3.63) is 79.0 Å². The normalized spacial score (nSPS) is 10.7.